The van der Waals surface area contributed by atoms with Crippen molar-refractivity contribution in [1.29, 1.82) is 0 Å². The number of rotatable bonds is 33. The first kappa shape index (κ1) is 35.7. The van der Waals surface area contributed by atoms with Gasteiger partial charge in [0, 0.05) is 13.2 Å². The van der Waals surface area contributed by atoms with Gasteiger partial charge in [0.05, 0.1) is 79.3 Å². The maximum Gasteiger partial charge on any atom is 0.0701 e. The molecule has 0 N–H and O–H groups in total. The van der Waals surface area contributed by atoms with Gasteiger partial charge in [0.15, 0.2) is 0 Å². The normalized spacial score (nSPS) is 11.5. The molecular formula is C29H60O7. The first-order valence-corrected chi connectivity index (χ1v) is 15.0. The lowest BCUT2D eigenvalue weighted by Crippen LogP contribution is -2.14. The Labute approximate surface area is 223 Å². The van der Waals surface area contributed by atoms with Gasteiger partial charge in [-0.15, -0.1) is 0 Å². The Bertz CT molecular complexity index is 338. The summed E-state index contributed by atoms with van der Waals surface area (Å²) in [6, 6.07) is 0. The number of ether oxygens (including phenoxy) is 7. The van der Waals surface area contributed by atoms with E-state index < -0.39 is 0 Å². The Balaban J connectivity index is 3.00. The van der Waals surface area contributed by atoms with E-state index in [1.54, 1.807) is 0 Å². The van der Waals surface area contributed by atoms with Gasteiger partial charge in [-0.3, -0.25) is 0 Å². The molecule has 0 saturated heterocycles. The van der Waals surface area contributed by atoms with Crippen LogP contribution in [0.5, 0.6) is 0 Å². The van der Waals surface area contributed by atoms with Gasteiger partial charge >= 0.3 is 0 Å². The van der Waals surface area contributed by atoms with Crippen molar-refractivity contribution < 1.29 is 33.2 Å². The lowest BCUT2D eigenvalue weighted by Gasteiger charge is -2.08. The molecule has 0 rings (SSSR count). The van der Waals surface area contributed by atoms with Gasteiger partial charge in [-0.2, -0.15) is 0 Å². The van der Waals surface area contributed by atoms with E-state index in [-0.39, 0.29) is 0 Å². The summed E-state index contributed by atoms with van der Waals surface area (Å²) >= 11 is 0. The van der Waals surface area contributed by atoms with Crippen LogP contribution in [0.4, 0.5) is 0 Å². The number of unbranched alkanes of at least 4 members (excludes halogenated alkanes) is 11. The van der Waals surface area contributed by atoms with Crippen molar-refractivity contribution >= 4 is 0 Å². The third kappa shape index (κ3) is 33.7. The molecule has 0 fully saturated rings. The minimum Gasteiger partial charge on any atom is -0.379 e. The second-order valence-corrected chi connectivity index (χ2v) is 9.18. The van der Waals surface area contributed by atoms with Crippen LogP contribution in [-0.4, -0.2) is 92.5 Å². The summed E-state index contributed by atoms with van der Waals surface area (Å²) < 4.78 is 38.5. The minimum absolute atomic E-state index is 0.566. The largest absolute Gasteiger partial charge is 0.379 e. The van der Waals surface area contributed by atoms with Crippen LogP contribution >= 0.6 is 0 Å². The third-order valence-corrected chi connectivity index (χ3v) is 5.77. The molecule has 0 aliphatic heterocycles. The molecule has 7 heteroatoms. The number of hydrogen-bond acceptors (Lipinski definition) is 7. The average molecular weight is 521 g/mol. The van der Waals surface area contributed by atoms with E-state index in [9.17, 15) is 0 Å². The molecule has 0 aromatic carbocycles. The highest BCUT2D eigenvalue weighted by atomic mass is 16.6. The average Bonchev–Trinajstić information content (AvgIpc) is 2.89. The van der Waals surface area contributed by atoms with Crippen LogP contribution in [0.1, 0.15) is 97.3 Å². The van der Waals surface area contributed by atoms with Crippen molar-refractivity contribution in [2.45, 2.75) is 97.3 Å². The molecule has 0 aliphatic carbocycles. The predicted octanol–water partition coefficient (Wildman–Crippen LogP) is 6.21. The Morgan fingerprint density at radius 1 is 0.222 bits per heavy atom. The molecule has 0 saturated carbocycles. The lowest BCUT2D eigenvalue weighted by atomic mass is 10.1. The standard InChI is InChI=1S/C29H60O7/c1-3-5-7-8-9-10-11-12-13-14-15-17-31-19-21-33-23-25-35-27-29-36-28-26-34-24-22-32-20-18-30-16-6-4-2/h3-29H2,1-2H3. The van der Waals surface area contributed by atoms with Crippen molar-refractivity contribution in [2.75, 3.05) is 92.5 Å². The van der Waals surface area contributed by atoms with E-state index in [2.05, 4.69) is 13.8 Å². The second kappa shape index (κ2) is 34.7. The summed E-state index contributed by atoms with van der Waals surface area (Å²) in [6.07, 6.45) is 17.2. The Kier molecular flexibility index (Phi) is 34.4. The first-order chi connectivity index (χ1) is 17.9. The smallest absolute Gasteiger partial charge is 0.0701 e. The molecule has 0 aromatic heterocycles. The third-order valence-electron chi connectivity index (χ3n) is 5.77. The fourth-order valence-corrected chi connectivity index (χ4v) is 3.54. The molecular weight excluding hydrogens is 460 g/mol. The molecule has 0 spiro atoms. The van der Waals surface area contributed by atoms with E-state index >= 15 is 0 Å². The molecule has 0 amide bonds. The minimum atomic E-state index is 0.566. The van der Waals surface area contributed by atoms with Crippen LogP contribution in [0, 0.1) is 0 Å². The second-order valence-electron chi connectivity index (χ2n) is 9.18. The maximum absolute atomic E-state index is 5.64. The van der Waals surface area contributed by atoms with Crippen LogP contribution in [0.2, 0.25) is 0 Å². The summed E-state index contributed by atoms with van der Waals surface area (Å²) in [6.45, 7) is 13.3. The lowest BCUT2D eigenvalue weighted by molar-refractivity contribution is -0.0206. The molecule has 7 nitrogen and oxygen atoms in total. The number of hydrogen-bond donors (Lipinski definition) is 0. The fraction of sp³-hybridized carbons (Fsp3) is 1.00. The molecule has 0 aromatic rings. The van der Waals surface area contributed by atoms with Gasteiger partial charge in [-0.25, -0.2) is 0 Å². The van der Waals surface area contributed by atoms with E-state index in [0.29, 0.717) is 79.3 Å². The molecule has 36 heavy (non-hydrogen) atoms. The van der Waals surface area contributed by atoms with Crippen LogP contribution in [0.15, 0.2) is 0 Å². The van der Waals surface area contributed by atoms with Crippen molar-refractivity contribution in [3.8, 4) is 0 Å². The van der Waals surface area contributed by atoms with Crippen molar-refractivity contribution in [3.63, 3.8) is 0 Å². The van der Waals surface area contributed by atoms with Crippen LogP contribution in [-0.2, 0) is 33.2 Å². The summed E-state index contributed by atoms with van der Waals surface area (Å²) in [5, 5.41) is 0. The fourth-order valence-electron chi connectivity index (χ4n) is 3.54. The highest BCUT2D eigenvalue weighted by Gasteiger charge is 1.96. The molecule has 218 valence electrons. The van der Waals surface area contributed by atoms with Crippen LogP contribution in [0.25, 0.3) is 0 Å². The zero-order valence-electron chi connectivity index (χ0n) is 23.9. The Morgan fingerprint density at radius 2 is 0.444 bits per heavy atom. The van der Waals surface area contributed by atoms with E-state index in [1.807, 2.05) is 0 Å². The molecule has 0 atom stereocenters. The SMILES string of the molecule is CCCCCCCCCCCCCOCCOCCOCCOCCOCCOCCOCCCC. The summed E-state index contributed by atoms with van der Waals surface area (Å²) in [5.41, 5.74) is 0. The van der Waals surface area contributed by atoms with Gasteiger partial charge in [-0.1, -0.05) is 84.5 Å². The van der Waals surface area contributed by atoms with E-state index in [0.717, 1.165) is 32.5 Å². The molecule has 0 bridgehead atoms. The Hall–Kier alpha value is -0.280. The quantitative estimate of drug-likeness (QED) is 0.0953. The molecule has 0 unspecified atom stereocenters. The zero-order chi connectivity index (χ0) is 26.0. The van der Waals surface area contributed by atoms with Crippen LogP contribution < -0.4 is 0 Å². The topological polar surface area (TPSA) is 64.6 Å². The van der Waals surface area contributed by atoms with Crippen molar-refractivity contribution in [3.05, 3.63) is 0 Å². The molecule has 0 aliphatic rings. The molecule has 0 radical (unpaired) electrons. The highest BCUT2D eigenvalue weighted by Crippen LogP contribution is 2.11. The monoisotopic (exact) mass is 520 g/mol. The van der Waals surface area contributed by atoms with Gasteiger partial charge < -0.3 is 33.2 Å². The summed E-state index contributed by atoms with van der Waals surface area (Å²) in [4.78, 5) is 0. The van der Waals surface area contributed by atoms with E-state index in [4.69, 9.17) is 33.2 Å². The zero-order valence-corrected chi connectivity index (χ0v) is 23.9. The maximum atomic E-state index is 5.64. The highest BCUT2D eigenvalue weighted by molar-refractivity contribution is 4.48. The molecule has 0 heterocycles. The van der Waals surface area contributed by atoms with Gasteiger partial charge in [0.2, 0.25) is 0 Å². The van der Waals surface area contributed by atoms with Gasteiger partial charge in [0.1, 0.15) is 0 Å². The van der Waals surface area contributed by atoms with Gasteiger partial charge in [0.25, 0.3) is 0 Å². The summed E-state index contributed by atoms with van der Waals surface area (Å²) in [7, 11) is 0. The van der Waals surface area contributed by atoms with E-state index in [1.165, 1.54) is 64.2 Å². The van der Waals surface area contributed by atoms with Crippen LogP contribution in [0.3, 0.4) is 0 Å². The van der Waals surface area contributed by atoms with Gasteiger partial charge in [-0.05, 0) is 12.8 Å². The predicted molar refractivity (Wildman–Crippen MR) is 147 cm³/mol. The first-order valence-electron chi connectivity index (χ1n) is 15.0. The summed E-state index contributed by atoms with van der Waals surface area (Å²) in [5.74, 6) is 0. The Morgan fingerprint density at radius 3 is 0.750 bits per heavy atom. The van der Waals surface area contributed by atoms with Crippen molar-refractivity contribution in [2.24, 2.45) is 0 Å². The van der Waals surface area contributed by atoms with Crippen molar-refractivity contribution in [1.82, 2.24) is 0 Å².